The first-order valence-corrected chi connectivity index (χ1v) is 4.19. The number of hydrogen-bond acceptors (Lipinski definition) is 1. The molecule has 64 valence electrons. The fourth-order valence-electron chi connectivity index (χ4n) is 1.30. The van der Waals surface area contributed by atoms with Gasteiger partial charge in [0.15, 0.2) is 0 Å². The van der Waals surface area contributed by atoms with Crippen molar-refractivity contribution in [2.75, 3.05) is 0 Å². The van der Waals surface area contributed by atoms with Crippen molar-refractivity contribution in [3.8, 4) is 0 Å². The van der Waals surface area contributed by atoms with Gasteiger partial charge < -0.3 is 4.79 Å². The minimum atomic E-state index is 0.442. The fraction of sp³-hybridized carbons (Fsp3) is 0.700. The van der Waals surface area contributed by atoms with E-state index in [1.807, 2.05) is 6.92 Å². The zero-order valence-electron chi connectivity index (χ0n) is 7.92. The van der Waals surface area contributed by atoms with E-state index in [1.54, 1.807) is 0 Å². The summed E-state index contributed by atoms with van der Waals surface area (Å²) in [4.78, 5) is 10.3. The highest BCUT2D eigenvalue weighted by Crippen LogP contribution is 2.22. The zero-order chi connectivity index (χ0) is 8.85. The van der Waals surface area contributed by atoms with E-state index in [-0.39, 0.29) is 0 Å². The maximum Gasteiger partial charge on any atom is 0.120 e. The van der Waals surface area contributed by atoms with E-state index in [0.29, 0.717) is 18.3 Å². The molecule has 0 aromatic rings. The van der Waals surface area contributed by atoms with Crippen LogP contribution >= 0.6 is 0 Å². The van der Waals surface area contributed by atoms with Crippen LogP contribution in [0.4, 0.5) is 0 Å². The van der Waals surface area contributed by atoms with E-state index >= 15 is 0 Å². The number of allylic oxidation sites excluding steroid dienone is 2. The maximum atomic E-state index is 10.3. The van der Waals surface area contributed by atoms with E-state index in [1.165, 1.54) is 5.57 Å². The molecule has 1 unspecified atom stereocenters. The molecule has 0 radical (unpaired) electrons. The Labute approximate surface area is 69.5 Å². The van der Waals surface area contributed by atoms with Crippen molar-refractivity contribution in [2.45, 2.75) is 34.1 Å². The van der Waals surface area contributed by atoms with Crippen LogP contribution in [-0.2, 0) is 4.79 Å². The molecule has 0 heterocycles. The molecule has 0 bridgehead atoms. The van der Waals surface area contributed by atoms with Gasteiger partial charge in [-0.05, 0) is 25.7 Å². The average Bonchev–Trinajstić information content (AvgIpc) is 1.98. The van der Waals surface area contributed by atoms with E-state index in [0.717, 1.165) is 6.29 Å². The minimum absolute atomic E-state index is 0.442. The van der Waals surface area contributed by atoms with Gasteiger partial charge in [-0.15, -0.1) is 0 Å². The Bertz CT molecular complexity index is 145. The molecule has 1 nitrogen and oxygen atoms in total. The third kappa shape index (κ3) is 3.35. The Balaban J connectivity index is 4.20. The van der Waals surface area contributed by atoms with Crippen LogP contribution in [0.2, 0.25) is 0 Å². The molecule has 0 N–H and O–H groups in total. The van der Waals surface area contributed by atoms with Crippen LogP contribution in [0.3, 0.4) is 0 Å². The molecular weight excluding hydrogens is 136 g/mol. The van der Waals surface area contributed by atoms with E-state index < -0.39 is 0 Å². The first-order valence-electron chi connectivity index (χ1n) is 4.19. The van der Waals surface area contributed by atoms with Gasteiger partial charge in [-0.1, -0.05) is 25.5 Å². The number of carbonyl (C=O) groups excluding carboxylic acids is 1. The lowest BCUT2D eigenvalue weighted by molar-refractivity contribution is -0.108. The highest BCUT2D eigenvalue weighted by Gasteiger charge is 2.13. The largest absolute Gasteiger partial charge is 0.303 e. The Morgan fingerprint density at radius 3 is 2.27 bits per heavy atom. The first kappa shape index (κ1) is 10.4. The molecule has 0 saturated heterocycles. The lowest BCUT2D eigenvalue weighted by Crippen LogP contribution is -2.10. The summed E-state index contributed by atoms with van der Waals surface area (Å²) in [5.41, 5.74) is 1.33. The van der Waals surface area contributed by atoms with Crippen LogP contribution in [0, 0.1) is 11.8 Å². The number of aldehydes is 1. The molecule has 0 spiro atoms. The van der Waals surface area contributed by atoms with Gasteiger partial charge >= 0.3 is 0 Å². The van der Waals surface area contributed by atoms with Crippen molar-refractivity contribution in [2.24, 2.45) is 11.8 Å². The second-order valence-electron chi connectivity index (χ2n) is 3.29. The molecule has 11 heavy (non-hydrogen) atoms. The average molecular weight is 154 g/mol. The fourth-order valence-corrected chi connectivity index (χ4v) is 1.30. The summed E-state index contributed by atoms with van der Waals surface area (Å²) in [6.07, 6.45) is 3.76. The highest BCUT2D eigenvalue weighted by molar-refractivity contribution is 5.50. The van der Waals surface area contributed by atoms with Gasteiger partial charge in [0.2, 0.25) is 0 Å². The number of hydrogen-bond donors (Lipinski definition) is 0. The second-order valence-corrected chi connectivity index (χ2v) is 3.29. The molecule has 0 fully saturated rings. The molecule has 0 aliphatic heterocycles. The van der Waals surface area contributed by atoms with Gasteiger partial charge in [0, 0.05) is 6.42 Å². The monoisotopic (exact) mass is 154 g/mol. The smallest absolute Gasteiger partial charge is 0.120 e. The predicted octanol–water partition coefficient (Wildman–Crippen LogP) is 2.81. The molecule has 0 aliphatic carbocycles. The summed E-state index contributed by atoms with van der Waals surface area (Å²) in [5, 5.41) is 0. The van der Waals surface area contributed by atoms with Gasteiger partial charge in [-0.25, -0.2) is 0 Å². The SMILES string of the molecule is C/C=C(/C)C(CC=O)C(C)C. The van der Waals surface area contributed by atoms with Gasteiger partial charge in [-0.2, -0.15) is 0 Å². The van der Waals surface area contributed by atoms with Crippen LogP contribution in [-0.4, -0.2) is 6.29 Å². The van der Waals surface area contributed by atoms with Crippen LogP contribution in [0.5, 0.6) is 0 Å². The van der Waals surface area contributed by atoms with Crippen molar-refractivity contribution < 1.29 is 4.79 Å². The third-order valence-electron chi connectivity index (χ3n) is 2.20. The van der Waals surface area contributed by atoms with Crippen molar-refractivity contribution in [1.82, 2.24) is 0 Å². The normalized spacial score (nSPS) is 15.2. The third-order valence-corrected chi connectivity index (χ3v) is 2.20. The molecule has 0 saturated carbocycles. The minimum Gasteiger partial charge on any atom is -0.303 e. The first-order chi connectivity index (χ1) is 5.13. The quantitative estimate of drug-likeness (QED) is 0.449. The number of rotatable bonds is 4. The second kappa shape index (κ2) is 5.11. The Hall–Kier alpha value is -0.590. The van der Waals surface area contributed by atoms with Crippen molar-refractivity contribution in [1.29, 1.82) is 0 Å². The van der Waals surface area contributed by atoms with Crippen LogP contribution in [0.15, 0.2) is 11.6 Å². The summed E-state index contributed by atoms with van der Waals surface area (Å²) in [6.45, 7) is 8.42. The highest BCUT2D eigenvalue weighted by atomic mass is 16.1. The van der Waals surface area contributed by atoms with Gasteiger partial charge in [0.05, 0.1) is 0 Å². The predicted molar refractivity (Wildman–Crippen MR) is 48.4 cm³/mol. The summed E-state index contributed by atoms with van der Waals surface area (Å²) in [5.74, 6) is 1.01. The molecule has 1 atom stereocenters. The number of carbonyl (C=O) groups is 1. The van der Waals surface area contributed by atoms with Crippen molar-refractivity contribution in [3.63, 3.8) is 0 Å². The van der Waals surface area contributed by atoms with Gasteiger partial charge in [0.25, 0.3) is 0 Å². The molecule has 0 aliphatic rings. The lowest BCUT2D eigenvalue weighted by Gasteiger charge is -2.18. The molecular formula is C10H18O. The Kier molecular flexibility index (Phi) is 4.84. The van der Waals surface area contributed by atoms with Crippen molar-refractivity contribution in [3.05, 3.63) is 11.6 Å². The zero-order valence-corrected chi connectivity index (χ0v) is 7.92. The Morgan fingerprint density at radius 1 is 1.45 bits per heavy atom. The van der Waals surface area contributed by atoms with Gasteiger partial charge in [0.1, 0.15) is 6.29 Å². The van der Waals surface area contributed by atoms with E-state index in [2.05, 4.69) is 26.8 Å². The Morgan fingerprint density at radius 2 is 2.00 bits per heavy atom. The van der Waals surface area contributed by atoms with Crippen LogP contribution in [0.25, 0.3) is 0 Å². The summed E-state index contributed by atoms with van der Waals surface area (Å²) in [6, 6.07) is 0. The molecule has 0 amide bonds. The summed E-state index contributed by atoms with van der Waals surface area (Å²) < 4.78 is 0. The van der Waals surface area contributed by atoms with E-state index in [4.69, 9.17) is 0 Å². The summed E-state index contributed by atoms with van der Waals surface area (Å²) >= 11 is 0. The summed E-state index contributed by atoms with van der Waals surface area (Å²) in [7, 11) is 0. The van der Waals surface area contributed by atoms with Crippen molar-refractivity contribution >= 4 is 6.29 Å². The maximum absolute atomic E-state index is 10.3. The lowest BCUT2D eigenvalue weighted by atomic mass is 9.87. The van der Waals surface area contributed by atoms with Crippen LogP contribution < -0.4 is 0 Å². The molecule has 0 aromatic carbocycles. The molecule has 1 heteroatoms. The van der Waals surface area contributed by atoms with E-state index in [9.17, 15) is 4.79 Å². The molecule has 0 aromatic heterocycles. The molecule has 0 rings (SSSR count). The topological polar surface area (TPSA) is 17.1 Å². The van der Waals surface area contributed by atoms with Gasteiger partial charge in [-0.3, -0.25) is 0 Å². The van der Waals surface area contributed by atoms with Crippen LogP contribution in [0.1, 0.15) is 34.1 Å². The standard InChI is InChI=1S/C10H18O/c1-5-9(4)10(6-7-11)8(2)3/h5,7-8,10H,6H2,1-4H3/b9-5-.